The van der Waals surface area contributed by atoms with E-state index in [-0.39, 0.29) is 28.5 Å². The third kappa shape index (κ3) is 3.65. The Balaban J connectivity index is 1.80. The molecule has 5 nitrogen and oxygen atoms in total. The summed E-state index contributed by atoms with van der Waals surface area (Å²) in [6, 6.07) is 12.8. The van der Waals surface area contributed by atoms with Gasteiger partial charge in [0.1, 0.15) is 11.5 Å². The van der Waals surface area contributed by atoms with Gasteiger partial charge in [0.25, 0.3) is 11.1 Å². The number of benzene rings is 2. The first-order valence-corrected chi connectivity index (χ1v) is 9.13. The summed E-state index contributed by atoms with van der Waals surface area (Å²) in [5.41, 5.74) is 0.734. The molecule has 4 aromatic rings. The van der Waals surface area contributed by atoms with Crippen molar-refractivity contribution in [2.45, 2.75) is 6.42 Å². The average Bonchev–Trinajstić information content (AvgIpc) is 2.92. The summed E-state index contributed by atoms with van der Waals surface area (Å²) in [5, 5.41) is 4.73. The third-order valence-corrected chi connectivity index (χ3v) is 5.08. The van der Waals surface area contributed by atoms with E-state index in [0.717, 1.165) is 21.4 Å². The van der Waals surface area contributed by atoms with E-state index < -0.39 is 5.56 Å². The van der Waals surface area contributed by atoms with Gasteiger partial charge in [0, 0.05) is 11.4 Å². The standard InChI is InChI=1S/C19H11ClFN3O2S/c20-13-3-1-2-12(8-13)10-16-18(26)24-19(27-16)22-17(25)15(23-24)9-11-4-6-14(21)7-5-11/h1-8,10H,9H2. The van der Waals surface area contributed by atoms with Crippen LogP contribution in [0.5, 0.6) is 0 Å². The third-order valence-electron chi connectivity index (χ3n) is 3.88. The van der Waals surface area contributed by atoms with Crippen molar-refractivity contribution < 1.29 is 4.39 Å². The summed E-state index contributed by atoms with van der Waals surface area (Å²) in [7, 11) is 0. The molecule has 27 heavy (non-hydrogen) atoms. The second-order valence-electron chi connectivity index (χ2n) is 5.83. The fourth-order valence-corrected chi connectivity index (χ4v) is 3.70. The van der Waals surface area contributed by atoms with Gasteiger partial charge in [-0.3, -0.25) is 9.59 Å². The SMILES string of the molecule is O=c1nc2sc(=Cc3cccc(Cl)c3)c(=O)n2nc1Cc1ccc(F)cc1. The Morgan fingerprint density at radius 1 is 1.15 bits per heavy atom. The summed E-state index contributed by atoms with van der Waals surface area (Å²) in [5.74, 6) is -0.363. The predicted molar refractivity (Wildman–Crippen MR) is 103 cm³/mol. The average molecular weight is 400 g/mol. The van der Waals surface area contributed by atoms with Gasteiger partial charge in [-0.15, -0.1) is 0 Å². The highest BCUT2D eigenvalue weighted by molar-refractivity contribution is 7.15. The fourth-order valence-electron chi connectivity index (χ4n) is 2.60. The van der Waals surface area contributed by atoms with E-state index in [1.807, 2.05) is 6.07 Å². The van der Waals surface area contributed by atoms with Crippen LogP contribution in [-0.2, 0) is 6.42 Å². The van der Waals surface area contributed by atoms with Gasteiger partial charge < -0.3 is 0 Å². The zero-order valence-electron chi connectivity index (χ0n) is 13.7. The highest BCUT2D eigenvalue weighted by Gasteiger charge is 2.12. The number of rotatable bonds is 3. The zero-order valence-corrected chi connectivity index (χ0v) is 15.3. The molecule has 0 saturated heterocycles. The van der Waals surface area contributed by atoms with Crippen LogP contribution in [0.1, 0.15) is 16.8 Å². The van der Waals surface area contributed by atoms with E-state index in [1.165, 1.54) is 12.1 Å². The normalized spacial score (nSPS) is 12.0. The van der Waals surface area contributed by atoms with Crippen LogP contribution in [0, 0.1) is 5.82 Å². The number of nitrogens with zero attached hydrogens (tertiary/aromatic N) is 3. The maximum Gasteiger partial charge on any atom is 0.296 e. The molecule has 134 valence electrons. The Bertz CT molecular complexity index is 1320. The number of thiazole rings is 1. The lowest BCUT2D eigenvalue weighted by Gasteiger charge is -2.00. The van der Waals surface area contributed by atoms with Crippen LogP contribution in [0.4, 0.5) is 4.39 Å². The van der Waals surface area contributed by atoms with Crippen LogP contribution in [0.25, 0.3) is 11.0 Å². The molecule has 0 N–H and O–H groups in total. The minimum Gasteiger partial charge on any atom is -0.266 e. The molecule has 8 heteroatoms. The Hall–Kier alpha value is -2.90. The van der Waals surface area contributed by atoms with E-state index >= 15 is 0 Å². The summed E-state index contributed by atoms with van der Waals surface area (Å²) < 4.78 is 14.6. The van der Waals surface area contributed by atoms with Crippen molar-refractivity contribution in [3.8, 4) is 0 Å². The van der Waals surface area contributed by atoms with Crippen molar-refractivity contribution in [3.05, 3.63) is 101 Å². The Labute approximate surface area is 161 Å². The maximum absolute atomic E-state index is 13.0. The smallest absolute Gasteiger partial charge is 0.266 e. The summed E-state index contributed by atoms with van der Waals surface area (Å²) in [6.07, 6.45) is 1.84. The Morgan fingerprint density at radius 2 is 1.93 bits per heavy atom. The Morgan fingerprint density at radius 3 is 2.67 bits per heavy atom. The van der Waals surface area contributed by atoms with Gasteiger partial charge >= 0.3 is 0 Å². The lowest BCUT2D eigenvalue weighted by atomic mass is 10.1. The van der Waals surface area contributed by atoms with Crippen LogP contribution in [0.3, 0.4) is 0 Å². The van der Waals surface area contributed by atoms with Crippen molar-refractivity contribution in [1.29, 1.82) is 0 Å². The molecule has 0 radical (unpaired) electrons. The van der Waals surface area contributed by atoms with Crippen LogP contribution in [0.2, 0.25) is 5.02 Å². The molecule has 0 fully saturated rings. The molecule has 0 spiro atoms. The van der Waals surface area contributed by atoms with E-state index in [0.29, 0.717) is 15.1 Å². The molecule has 0 aliphatic heterocycles. The molecule has 2 heterocycles. The van der Waals surface area contributed by atoms with Crippen molar-refractivity contribution in [3.63, 3.8) is 0 Å². The number of aromatic nitrogens is 3. The topological polar surface area (TPSA) is 64.3 Å². The predicted octanol–water partition coefficient (Wildman–Crippen LogP) is 2.44. The van der Waals surface area contributed by atoms with Gasteiger partial charge in [-0.2, -0.15) is 14.6 Å². The van der Waals surface area contributed by atoms with Gasteiger partial charge in [-0.05, 0) is 41.5 Å². The van der Waals surface area contributed by atoms with Crippen molar-refractivity contribution >= 4 is 34.0 Å². The van der Waals surface area contributed by atoms with Crippen molar-refractivity contribution in [2.24, 2.45) is 0 Å². The lowest BCUT2D eigenvalue weighted by molar-refractivity contribution is 0.627. The molecule has 0 atom stereocenters. The second-order valence-corrected chi connectivity index (χ2v) is 7.28. The second kappa shape index (κ2) is 7.02. The van der Waals surface area contributed by atoms with Crippen molar-refractivity contribution in [2.75, 3.05) is 0 Å². The monoisotopic (exact) mass is 399 g/mol. The number of fused-ring (bicyclic) bond motifs is 1. The quantitative estimate of drug-likeness (QED) is 0.531. The molecule has 2 aromatic heterocycles. The highest BCUT2D eigenvalue weighted by atomic mass is 35.5. The number of hydrogen-bond donors (Lipinski definition) is 0. The molecule has 0 aliphatic rings. The molecular formula is C19H11ClFN3O2S. The fraction of sp³-hybridized carbons (Fsp3) is 0.0526. The zero-order chi connectivity index (χ0) is 19.0. The molecule has 0 saturated carbocycles. The number of hydrogen-bond acceptors (Lipinski definition) is 5. The van der Waals surface area contributed by atoms with Crippen LogP contribution >= 0.6 is 22.9 Å². The summed E-state index contributed by atoms with van der Waals surface area (Å²) in [6.45, 7) is 0. The van der Waals surface area contributed by atoms with Crippen LogP contribution in [0.15, 0.2) is 58.1 Å². The molecule has 0 aliphatic carbocycles. The van der Waals surface area contributed by atoms with Crippen molar-refractivity contribution in [1.82, 2.24) is 14.6 Å². The first kappa shape index (κ1) is 17.5. The summed E-state index contributed by atoms with van der Waals surface area (Å²) in [4.78, 5) is 29.1. The Kier molecular flexibility index (Phi) is 4.55. The van der Waals surface area contributed by atoms with Crippen LogP contribution < -0.4 is 15.7 Å². The molecule has 2 aromatic carbocycles. The highest BCUT2D eigenvalue weighted by Crippen LogP contribution is 2.11. The maximum atomic E-state index is 13.0. The van der Waals surface area contributed by atoms with Gasteiger partial charge in [0.15, 0.2) is 0 Å². The molecule has 0 amide bonds. The first-order valence-electron chi connectivity index (χ1n) is 7.94. The number of halogens is 2. The van der Waals surface area contributed by atoms with Crippen LogP contribution in [-0.4, -0.2) is 14.6 Å². The minimum absolute atomic E-state index is 0.128. The van der Waals surface area contributed by atoms with Gasteiger partial charge in [0.05, 0.1) is 4.53 Å². The van der Waals surface area contributed by atoms with E-state index in [2.05, 4.69) is 10.1 Å². The molecule has 0 unspecified atom stereocenters. The van der Waals surface area contributed by atoms with E-state index in [9.17, 15) is 14.0 Å². The molecule has 0 bridgehead atoms. The summed E-state index contributed by atoms with van der Waals surface area (Å²) >= 11 is 7.05. The van der Waals surface area contributed by atoms with Gasteiger partial charge in [-0.25, -0.2) is 4.39 Å². The van der Waals surface area contributed by atoms with E-state index in [4.69, 9.17) is 11.6 Å². The largest absolute Gasteiger partial charge is 0.296 e. The van der Waals surface area contributed by atoms with E-state index in [1.54, 1.807) is 36.4 Å². The molecule has 4 rings (SSSR count). The van der Waals surface area contributed by atoms with Gasteiger partial charge in [-0.1, -0.05) is 47.2 Å². The first-order chi connectivity index (χ1) is 13.0. The molecular weight excluding hydrogens is 389 g/mol. The lowest BCUT2D eigenvalue weighted by Crippen LogP contribution is -2.28. The van der Waals surface area contributed by atoms with Gasteiger partial charge in [0.2, 0.25) is 4.96 Å². The minimum atomic E-state index is -0.505.